The topological polar surface area (TPSA) is 64.3 Å². The number of rotatable bonds is 5. The number of amides is 1. The van der Waals surface area contributed by atoms with Gasteiger partial charge in [-0.25, -0.2) is 0 Å². The van der Waals surface area contributed by atoms with Crippen molar-refractivity contribution in [2.24, 2.45) is 0 Å². The Bertz CT molecular complexity index is 644. The fourth-order valence-electron chi connectivity index (χ4n) is 1.97. The van der Waals surface area contributed by atoms with E-state index in [1.54, 1.807) is 24.3 Å². The monoisotopic (exact) mass is 304 g/mol. The first kappa shape index (κ1) is 15.2. The smallest absolute Gasteiger partial charge is 0.257 e. The number of nitrogen functional groups attached to an aromatic ring is 1. The third-order valence-corrected chi connectivity index (χ3v) is 3.35. The lowest BCUT2D eigenvalue weighted by atomic mass is 10.1. The van der Waals surface area contributed by atoms with Crippen LogP contribution >= 0.6 is 11.6 Å². The van der Waals surface area contributed by atoms with Crippen LogP contribution in [0.25, 0.3) is 0 Å². The maximum absolute atomic E-state index is 12.3. The zero-order valence-corrected chi connectivity index (χ0v) is 12.5. The zero-order chi connectivity index (χ0) is 15.2. The summed E-state index contributed by atoms with van der Waals surface area (Å²) in [5.74, 6) is 0.200. The van der Waals surface area contributed by atoms with Gasteiger partial charge in [-0.1, -0.05) is 35.9 Å². The molecular weight excluding hydrogens is 288 g/mol. The number of halogens is 1. The third kappa shape index (κ3) is 3.67. The van der Waals surface area contributed by atoms with Gasteiger partial charge in [0.05, 0.1) is 6.61 Å². The predicted molar refractivity (Wildman–Crippen MR) is 84.6 cm³/mol. The summed E-state index contributed by atoms with van der Waals surface area (Å²) in [5.41, 5.74) is 7.47. The molecule has 0 aromatic heterocycles. The minimum atomic E-state index is -0.281. The van der Waals surface area contributed by atoms with Crippen LogP contribution in [-0.4, -0.2) is 12.5 Å². The Morgan fingerprint density at radius 3 is 2.71 bits per heavy atom. The Morgan fingerprint density at radius 1 is 1.24 bits per heavy atom. The highest BCUT2D eigenvalue weighted by Crippen LogP contribution is 2.24. The fourth-order valence-corrected chi connectivity index (χ4v) is 2.18. The van der Waals surface area contributed by atoms with E-state index in [9.17, 15) is 4.79 Å². The molecule has 0 radical (unpaired) electrons. The van der Waals surface area contributed by atoms with Crippen molar-refractivity contribution in [1.82, 2.24) is 5.32 Å². The van der Waals surface area contributed by atoms with Gasteiger partial charge in [0.1, 0.15) is 11.3 Å². The molecule has 110 valence electrons. The quantitative estimate of drug-likeness (QED) is 0.833. The van der Waals surface area contributed by atoms with Gasteiger partial charge >= 0.3 is 0 Å². The standard InChI is InChI=1S/C16H17ClN2O2/c1-2-21-14-9-5-8-13(18)15(14)16(20)19-10-11-6-3-4-7-12(11)17/h3-9H,2,10,18H2,1H3,(H,19,20). The van der Waals surface area contributed by atoms with E-state index in [1.807, 2.05) is 25.1 Å². The van der Waals surface area contributed by atoms with Crippen LogP contribution in [0.2, 0.25) is 5.02 Å². The van der Waals surface area contributed by atoms with Gasteiger partial charge in [-0.2, -0.15) is 0 Å². The van der Waals surface area contributed by atoms with Crippen LogP contribution in [0.5, 0.6) is 5.75 Å². The first-order chi connectivity index (χ1) is 10.1. The Hall–Kier alpha value is -2.20. The van der Waals surface area contributed by atoms with Crippen LogP contribution < -0.4 is 15.8 Å². The van der Waals surface area contributed by atoms with Gasteiger partial charge in [-0.15, -0.1) is 0 Å². The van der Waals surface area contributed by atoms with Crippen molar-refractivity contribution in [1.29, 1.82) is 0 Å². The van der Waals surface area contributed by atoms with Crippen LogP contribution in [0.4, 0.5) is 5.69 Å². The summed E-state index contributed by atoms with van der Waals surface area (Å²) in [6, 6.07) is 12.5. The Morgan fingerprint density at radius 2 is 2.00 bits per heavy atom. The van der Waals surface area contributed by atoms with Gasteiger partial charge < -0.3 is 15.8 Å². The Labute approximate surface area is 128 Å². The van der Waals surface area contributed by atoms with Crippen molar-refractivity contribution in [2.45, 2.75) is 13.5 Å². The second-order valence-corrected chi connectivity index (χ2v) is 4.83. The van der Waals surface area contributed by atoms with E-state index >= 15 is 0 Å². The maximum atomic E-state index is 12.3. The van der Waals surface area contributed by atoms with Crippen molar-refractivity contribution < 1.29 is 9.53 Å². The predicted octanol–water partition coefficient (Wildman–Crippen LogP) is 3.25. The highest BCUT2D eigenvalue weighted by Gasteiger charge is 2.16. The van der Waals surface area contributed by atoms with Crippen molar-refractivity contribution in [2.75, 3.05) is 12.3 Å². The van der Waals surface area contributed by atoms with E-state index in [0.717, 1.165) is 5.56 Å². The summed E-state index contributed by atoms with van der Waals surface area (Å²) >= 11 is 6.07. The largest absolute Gasteiger partial charge is 0.493 e. The number of nitrogens with two attached hydrogens (primary N) is 1. The zero-order valence-electron chi connectivity index (χ0n) is 11.7. The number of carbonyl (C=O) groups excluding carboxylic acids is 1. The highest BCUT2D eigenvalue weighted by molar-refractivity contribution is 6.31. The molecule has 0 spiro atoms. The summed E-state index contributed by atoms with van der Waals surface area (Å²) < 4.78 is 5.45. The molecule has 3 N–H and O–H groups in total. The maximum Gasteiger partial charge on any atom is 0.257 e. The number of nitrogens with one attached hydrogen (secondary N) is 1. The second kappa shape index (κ2) is 6.99. The molecule has 0 fully saturated rings. The number of benzene rings is 2. The van der Waals surface area contributed by atoms with Crippen molar-refractivity contribution in [3.8, 4) is 5.75 Å². The molecule has 0 atom stereocenters. The number of carbonyl (C=O) groups is 1. The molecule has 0 aliphatic rings. The molecule has 0 aliphatic heterocycles. The molecular formula is C16H17ClN2O2. The Kier molecular flexibility index (Phi) is 5.06. The van der Waals surface area contributed by atoms with E-state index in [1.165, 1.54) is 0 Å². The second-order valence-electron chi connectivity index (χ2n) is 4.43. The van der Waals surface area contributed by atoms with Gasteiger partial charge in [0.15, 0.2) is 0 Å². The van der Waals surface area contributed by atoms with Gasteiger partial charge in [-0.05, 0) is 30.7 Å². The molecule has 0 heterocycles. The van der Waals surface area contributed by atoms with Crippen molar-refractivity contribution in [3.63, 3.8) is 0 Å². The molecule has 2 aromatic carbocycles. The summed E-state index contributed by atoms with van der Waals surface area (Å²) in [6.45, 7) is 2.65. The lowest BCUT2D eigenvalue weighted by Gasteiger charge is -2.13. The molecule has 0 aliphatic carbocycles. The minimum absolute atomic E-state index is 0.281. The van der Waals surface area contributed by atoms with Gasteiger partial charge in [-0.3, -0.25) is 4.79 Å². The molecule has 0 bridgehead atoms. The number of ether oxygens (including phenoxy) is 1. The molecule has 4 nitrogen and oxygen atoms in total. The average Bonchev–Trinajstić information content (AvgIpc) is 2.47. The first-order valence-electron chi connectivity index (χ1n) is 6.66. The normalized spacial score (nSPS) is 10.2. The molecule has 1 amide bonds. The van der Waals surface area contributed by atoms with E-state index in [2.05, 4.69) is 5.32 Å². The van der Waals surface area contributed by atoms with Crippen LogP contribution in [0.1, 0.15) is 22.8 Å². The minimum Gasteiger partial charge on any atom is -0.493 e. The number of anilines is 1. The molecule has 2 rings (SSSR count). The molecule has 0 saturated carbocycles. The van der Waals surface area contributed by atoms with E-state index in [4.69, 9.17) is 22.1 Å². The van der Waals surface area contributed by atoms with Crippen molar-refractivity contribution in [3.05, 3.63) is 58.6 Å². The average molecular weight is 305 g/mol. The summed E-state index contributed by atoms with van der Waals surface area (Å²) in [6.07, 6.45) is 0. The summed E-state index contributed by atoms with van der Waals surface area (Å²) in [7, 11) is 0. The lowest BCUT2D eigenvalue weighted by molar-refractivity contribution is 0.0948. The van der Waals surface area contributed by atoms with Gasteiger partial charge in [0.25, 0.3) is 5.91 Å². The third-order valence-electron chi connectivity index (χ3n) is 2.98. The number of hydrogen-bond donors (Lipinski definition) is 2. The van der Waals surface area contributed by atoms with Crippen LogP contribution in [-0.2, 0) is 6.54 Å². The molecule has 2 aromatic rings. The van der Waals surface area contributed by atoms with Crippen LogP contribution in [0.3, 0.4) is 0 Å². The van der Waals surface area contributed by atoms with Crippen molar-refractivity contribution >= 4 is 23.2 Å². The van der Waals surface area contributed by atoms with E-state index < -0.39 is 0 Å². The first-order valence-corrected chi connectivity index (χ1v) is 7.04. The number of hydrogen-bond acceptors (Lipinski definition) is 3. The Balaban J connectivity index is 2.16. The lowest BCUT2D eigenvalue weighted by Crippen LogP contribution is -2.24. The molecule has 21 heavy (non-hydrogen) atoms. The highest BCUT2D eigenvalue weighted by atomic mass is 35.5. The fraction of sp³-hybridized carbons (Fsp3) is 0.188. The van der Waals surface area contributed by atoms with Gasteiger partial charge in [0.2, 0.25) is 0 Å². The SMILES string of the molecule is CCOc1cccc(N)c1C(=O)NCc1ccccc1Cl. The molecule has 5 heteroatoms. The molecule has 0 saturated heterocycles. The van der Waals surface area contributed by atoms with E-state index in [0.29, 0.717) is 35.2 Å². The van der Waals surface area contributed by atoms with Crippen LogP contribution in [0.15, 0.2) is 42.5 Å². The molecule has 0 unspecified atom stereocenters. The van der Waals surface area contributed by atoms with Gasteiger partial charge in [0, 0.05) is 17.3 Å². The van der Waals surface area contributed by atoms with E-state index in [-0.39, 0.29) is 5.91 Å². The summed E-state index contributed by atoms with van der Waals surface area (Å²) in [5, 5.41) is 3.43. The van der Waals surface area contributed by atoms with Crippen LogP contribution in [0, 0.1) is 0 Å². The summed E-state index contributed by atoms with van der Waals surface area (Å²) in [4.78, 5) is 12.3.